The third kappa shape index (κ3) is 2.19. The molecule has 0 saturated heterocycles. The van der Waals surface area contributed by atoms with E-state index in [0.29, 0.717) is 5.56 Å². The molecule has 0 heterocycles. The van der Waals surface area contributed by atoms with Crippen LogP contribution in [0.15, 0.2) is 12.1 Å². The lowest BCUT2D eigenvalue weighted by Crippen LogP contribution is -2.03. The molecule has 0 bridgehead atoms. The van der Waals surface area contributed by atoms with Crippen molar-refractivity contribution in [3.8, 4) is 0 Å². The first-order chi connectivity index (χ1) is 6.97. The van der Waals surface area contributed by atoms with Crippen LogP contribution in [0.25, 0.3) is 0 Å². The van der Waals surface area contributed by atoms with Crippen molar-refractivity contribution in [3.05, 3.63) is 38.9 Å². The Morgan fingerprint density at radius 3 is 2.53 bits per heavy atom. The van der Waals surface area contributed by atoms with Gasteiger partial charge in [0.15, 0.2) is 6.29 Å². The molecule has 1 aromatic rings. The summed E-state index contributed by atoms with van der Waals surface area (Å²) in [7, 11) is 0. The maximum Gasteiger partial charge on any atom is 0.280 e. The largest absolute Gasteiger partial charge is 0.298 e. The number of carbonyl (C=O) groups excluding carboxylic acids is 2. The molecule has 6 heteroatoms. The Bertz CT molecular complexity index is 420. The SMILES string of the molecule is Cc1cc(C(=O)Cl)c(C=O)c([N+](=O)[O-])c1. The van der Waals surface area contributed by atoms with Gasteiger partial charge in [-0.25, -0.2) is 0 Å². The van der Waals surface area contributed by atoms with Crippen LogP contribution in [0, 0.1) is 17.0 Å². The van der Waals surface area contributed by atoms with E-state index in [1.54, 1.807) is 6.92 Å². The highest BCUT2D eigenvalue weighted by Gasteiger charge is 2.21. The summed E-state index contributed by atoms with van der Waals surface area (Å²) in [6.07, 6.45) is 0.257. The Morgan fingerprint density at radius 1 is 1.53 bits per heavy atom. The molecule has 15 heavy (non-hydrogen) atoms. The summed E-state index contributed by atoms with van der Waals surface area (Å²) in [5, 5.41) is 9.71. The first-order valence-electron chi connectivity index (χ1n) is 3.91. The molecule has 0 atom stereocenters. The van der Waals surface area contributed by atoms with Crippen molar-refractivity contribution in [2.45, 2.75) is 6.92 Å². The lowest BCUT2D eigenvalue weighted by atomic mass is 10.0. The van der Waals surface area contributed by atoms with Crippen molar-refractivity contribution in [2.75, 3.05) is 0 Å². The Balaban J connectivity index is 3.59. The van der Waals surface area contributed by atoms with Crippen molar-refractivity contribution >= 4 is 28.8 Å². The summed E-state index contributed by atoms with van der Waals surface area (Å²) in [6.45, 7) is 1.57. The number of nitro groups is 1. The van der Waals surface area contributed by atoms with Gasteiger partial charge in [0.1, 0.15) is 5.56 Å². The van der Waals surface area contributed by atoms with Crippen LogP contribution in [0.1, 0.15) is 26.3 Å². The molecule has 0 fully saturated rings. The molecular formula is C9H6ClNO4. The molecule has 0 unspecified atom stereocenters. The molecule has 0 spiro atoms. The van der Waals surface area contributed by atoms with E-state index in [4.69, 9.17) is 11.6 Å². The quantitative estimate of drug-likeness (QED) is 0.343. The predicted molar refractivity (Wildman–Crippen MR) is 53.4 cm³/mol. The molecule has 0 aliphatic rings. The van der Waals surface area contributed by atoms with Crippen molar-refractivity contribution < 1.29 is 14.5 Å². The highest BCUT2D eigenvalue weighted by atomic mass is 35.5. The van der Waals surface area contributed by atoms with Gasteiger partial charge in [-0.05, 0) is 30.2 Å². The molecule has 0 aliphatic heterocycles. The lowest BCUT2D eigenvalue weighted by molar-refractivity contribution is -0.385. The average molecular weight is 228 g/mol. The molecule has 0 saturated carbocycles. The summed E-state index contributed by atoms with van der Waals surface area (Å²) in [5.41, 5.74) is -0.339. The molecule has 0 aliphatic carbocycles. The van der Waals surface area contributed by atoms with E-state index >= 15 is 0 Å². The first-order valence-corrected chi connectivity index (χ1v) is 4.29. The zero-order chi connectivity index (χ0) is 11.6. The van der Waals surface area contributed by atoms with E-state index in [1.807, 2.05) is 0 Å². The van der Waals surface area contributed by atoms with Crippen LogP contribution in [-0.2, 0) is 0 Å². The van der Waals surface area contributed by atoms with Gasteiger partial charge in [0.25, 0.3) is 10.9 Å². The number of hydrogen-bond donors (Lipinski definition) is 0. The zero-order valence-electron chi connectivity index (χ0n) is 7.69. The number of aldehydes is 1. The highest BCUT2D eigenvalue weighted by molar-refractivity contribution is 6.68. The van der Waals surface area contributed by atoms with Crippen molar-refractivity contribution in [1.82, 2.24) is 0 Å². The topological polar surface area (TPSA) is 77.3 Å². The number of carbonyl (C=O) groups is 2. The number of halogens is 1. The molecular weight excluding hydrogens is 222 g/mol. The van der Waals surface area contributed by atoms with Crippen LogP contribution in [-0.4, -0.2) is 16.5 Å². The minimum Gasteiger partial charge on any atom is -0.298 e. The van der Waals surface area contributed by atoms with Crippen molar-refractivity contribution in [3.63, 3.8) is 0 Å². The maximum absolute atomic E-state index is 10.9. The van der Waals surface area contributed by atoms with E-state index in [2.05, 4.69) is 0 Å². The van der Waals surface area contributed by atoms with Gasteiger partial charge >= 0.3 is 0 Å². The molecule has 0 radical (unpaired) electrons. The van der Waals surface area contributed by atoms with Crippen LogP contribution in [0.2, 0.25) is 0 Å². The second kappa shape index (κ2) is 4.18. The third-order valence-electron chi connectivity index (χ3n) is 1.83. The number of aryl methyl sites for hydroxylation is 1. The molecule has 0 N–H and O–H groups in total. The van der Waals surface area contributed by atoms with E-state index in [9.17, 15) is 19.7 Å². The summed E-state index contributed by atoms with van der Waals surface area (Å²) < 4.78 is 0. The lowest BCUT2D eigenvalue weighted by Gasteiger charge is -2.02. The fraction of sp³-hybridized carbons (Fsp3) is 0.111. The Kier molecular flexibility index (Phi) is 3.16. The Morgan fingerprint density at radius 2 is 2.13 bits per heavy atom. The van der Waals surface area contributed by atoms with Gasteiger partial charge in [-0.3, -0.25) is 19.7 Å². The highest BCUT2D eigenvalue weighted by Crippen LogP contribution is 2.24. The predicted octanol–water partition coefficient (Wildman–Crippen LogP) is 2.09. The first kappa shape index (κ1) is 11.3. The van der Waals surface area contributed by atoms with Gasteiger partial charge in [-0.2, -0.15) is 0 Å². The number of nitro benzene ring substituents is 1. The monoisotopic (exact) mass is 227 g/mol. The van der Waals surface area contributed by atoms with E-state index in [0.717, 1.165) is 0 Å². The summed E-state index contributed by atoms with van der Waals surface area (Å²) in [4.78, 5) is 31.5. The normalized spacial score (nSPS) is 9.73. The number of rotatable bonds is 3. The summed E-state index contributed by atoms with van der Waals surface area (Å²) >= 11 is 5.22. The van der Waals surface area contributed by atoms with Crippen molar-refractivity contribution in [1.29, 1.82) is 0 Å². The van der Waals surface area contributed by atoms with Gasteiger partial charge in [-0.1, -0.05) is 0 Å². The number of hydrogen-bond acceptors (Lipinski definition) is 4. The maximum atomic E-state index is 10.9. The van der Waals surface area contributed by atoms with Gasteiger partial charge in [0.05, 0.1) is 10.5 Å². The van der Waals surface area contributed by atoms with Gasteiger partial charge in [-0.15, -0.1) is 0 Å². The summed E-state index contributed by atoms with van der Waals surface area (Å²) in [6, 6.07) is 2.55. The zero-order valence-corrected chi connectivity index (χ0v) is 8.45. The average Bonchev–Trinajstić information content (AvgIpc) is 2.16. The van der Waals surface area contributed by atoms with Crippen LogP contribution >= 0.6 is 11.6 Å². The Labute approximate surface area is 89.8 Å². The standard InChI is InChI=1S/C9H6ClNO4/c1-5-2-6(9(10)13)7(4-12)8(3-5)11(14)15/h2-4H,1H3. The van der Waals surface area contributed by atoms with Crippen LogP contribution < -0.4 is 0 Å². The van der Waals surface area contributed by atoms with Gasteiger partial charge in [0.2, 0.25) is 0 Å². The van der Waals surface area contributed by atoms with E-state index in [-0.39, 0.29) is 17.4 Å². The van der Waals surface area contributed by atoms with Gasteiger partial charge < -0.3 is 0 Å². The van der Waals surface area contributed by atoms with Crippen LogP contribution in [0.3, 0.4) is 0 Å². The second-order valence-electron chi connectivity index (χ2n) is 2.89. The Hall–Kier alpha value is -1.75. The molecule has 1 aromatic carbocycles. The number of nitrogens with zero attached hydrogens (tertiary/aromatic N) is 1. The fourth-order valence-electron chi connectivity index (χ4n) is 1.22. The van der Waals surface area contributed by atoms with Crippen LogP contribution in [0.4, 0.5) is 5.69 Å². The molecule has 0 aromatic heterocycles. The smallest absolute Gasteiger partial charge is 0.280 e. The minimum absolute atomic E-state index is 0.140. The molecule has 0 amide bonds. The molecule has 78 valence electrons. The molecule has 1 rings (SSSR count). The molecule has 5 nitrogen and oxygen atoms in total. The minimum atomic E-state index is -0.885. The van der Waals surface area contributed by atoms with Crippen molar-refractivity contribution in [2.24, 2.45) is 0 Å². The second-order valence-corrected chi connectivity index (χ2v) is 3.24. The number of benzene rings is 1. The summed E-state index contributed by atoms with van der Waals surface area (Å²) in [5.74, 6) is 0. The van der Waals surface area contributed by atoms with Gasteiger partial charge in [0, 0.05) is 6.07 Å². The third-order valence-corrected chi connectivity index (χ3v) is 2.03. The van der Waals surface area contributed by atoms with E-state index < -0.39 is 15.9 Å². The van der Waals surface area contributed by atoms with Crippen LogP contribution in [0.5, 0.6) is 0 Å². The fourth-order valence-corrected chi connectivity index (χ4v) is 1.37. The van der Waals surface area contributed by atoms with E-state index in [1.165, 1.54) is 12.1 Å².